The molecule has 1 aliphatic heterocycles. The lowest BCUT2D eigenvalue weighted by Crippen LogP contribution is -2.51. The van der Waals surface area contributed by atoms with Crippen LogP contribution in [0.5, 0.6) is 0 Å². The van der Waals surface area contributed by atoms with Crippen molar-refractivity contribution in [2.24, 2.45) is 29.6 Å². The zero-order chi connectivity index (χ0) is 23.7. The molecule has 0 bridgehead atoms. The fraction of sp³-hybridized carbons (Fsp3) is 0.875. The summed E-state index contributed by atoms with van der Waals surface area (Å²) in [5.41, 5.74) is 0. The van der Waals surface area contributed by atoms with Gasteiger partial charge in [0.05, 0.1) is 12.6 Å². The summed E-state index contributed by atoms with van der Waals surface area (Å²) >= 11 is 0. The van der Waals surface area contributed by atoms with Crippen molar-refractivity contribution in [3.63, 3.8) is 0 Å². The minimum Gasteiger partial charge on any atom is -0.349 e. The third-order valence-electron chi connectivity index (χ3n) is 7.07. The molecule has 1 heterocycles. The number of carbonyl (C=O) groups excluding carboxylic acids is 3. The average molecular weight is 441 g/mol. The molecule has 8 atom stereocenters. The van der Waals surface area contributed by atoms with Gasteiger partial charge in [-0.25, -0.2) is 0 Å². The first kappa shape index (κ1) is 27.7. The Hall–Kier alpha value is -1.31. The molecular formula is C24H44N2O5. The van der Waals surface area contributed by atoms with E-state index in [9.17, 15) is 14.4 Å². The second kappa shape index (κ2) is 13.3. The van der Waals surface area contributed by atoms with E-state index in [1.807, 2.05) is 20.8 Å². The molecule has 1 amide bonds. The van der Waals surface area contributed by atoms with Crippen molar-refractivity contribution in [1.82, 2.24) is 10.6 Å². The van der Waals surface area contributed by atoms with Gasteiger partial charge in [0.1, 0.15) is 0 Å². The summed E-state index contributed by atoms with van der Waals surface area (Å²) in [5, 5.41) is 5.63. The predicted molar refractivity (Wildman–Crippen MR) is 121 cm³/mol. The van der Waals surface area contributed by atoms with Crippen LogP contribution in [0.25, 0.3) is 0 Å². The van der Waals surface area contributed by atoms with Crippen molar-refractivity contribution < 1.29 is 23.9 Å². The second-order valence-electron chi connectivity index (χ2n) is 9.11. The third-order valence-corrected chi connectivity index (χ3v) is 7.07. The number of likely N-dealkylation sites (N-methyl/N-ethyl adjacent to an activating group) is 1. The van der Waals surface area contributed by atoms with Crippen molar-refractivity contribution in [3.05, 3.63) is 0 Å². The van der Waals surface area contributed by atoms with Gasteiger partial charge >= 0.3 is 0 Å². The highest BCUT2D eigenvalue weighted by molar-refractivity contribution is 5.92. The van der Waals surface area contributed by atoms with E-state index in [1.54, 1.807) is 7.05 Å². The number of rotatable bonds is 13. The van der Waals surface area contributed by atoms with Crippen LogP contribution >= 0.6 is 0 Å². The van der Waals surface area contributed by atoms with Gasteiger partial charge in [0.2, 0.25) is 5.91 Å². The van der Waals surface area contributed by atoms with Crippen LogP contribution in [0.4, 0.5) is 0 Å². The number of ketones is 2. The largest absolute Gasteiger partial charge is 0.349 e. The number of carbonyl (C=O) groups is 3. The van der Waals surface area contributed by atoms with E-state index in [2.05, 4.69) is 38.3 Å². The van der Waals surface area contributed by atoms with Gasteiger partial charge in [-0.1, -0.05) is 48.5 Å². The highest BCUT2D eigenvalue weighted by atomic mass is 16.7. The molecule has 1 aliphatic rings. The van der Waals surface area contributed by atoms with Crippen LogP contribution in [-0.4, -0.2) is 49.7 Å². The fourth-order valence-corrected chi connectivity index (χ4v) is 4.07. The summed E-state index contributed by atoms with van der Waals surface area (Å²) in [5.74, 6) is -0.0491. The van der Waals surface area contributed by atoms with Crippen LogP contribution in [0.1, 0.15) is 74.1 Å². The van der Waals surface area contributed by atoms with Crippen LogP contribution in [0.2, 0.25) is 0 Å². The fourth-order valence-electron chi connectivity index (χ4n) is 4.07. The summed E-state index contributed by atoms with van der Waals surface area (Å²) < 4.78 is 12.3. The maximum Gasteiger partial charge on any atom is 0.223 e. The maximum absolute atomic E-state index is 13.1. The van der Waals surface area contributed by atoms with Gasteiger partial charge in [-0.05, 0) is 38.1 Å². The molecule has 1 fully saturated rings. The number of Topliss-reactive ketones (excluding diaryl/α,β-unsaturated/α-hetero) is 2. The first-order chi connectivity index (χ1) is 14.6. The van der Waals surface area contributed by atoms with E-state index in [4.69, 9.17) is 9.47 Å². The SMILES string of the molecule is CCC(C)C(=O)NCC(=O)CC(CC)C(=O)C(NC)O[C@@H]1OC(CC)[C@@H](C)C(C)[C@H]1C. The lowest BCUT2D eigenvalue weighted by atomic mass is 9.78. The topological polar surface area (TPSA) is 93.7 Å². The lowest BCUT2D eigenvalue weighted by Gasteiger charge is -2.44. The summed E-state index contributed by atoms with van der Waals surface area (Å²) in [6.07, 6.45) is 1.02. The number of ether oxygens (including phenoxy) is 2. The van der Waals surface area contributed by atoms with Gasteiger partial charge in [-0.15, -0.1) is 0 Å². The quantitative estimate of drug-likeness (QED) is 0.427. The van der Waals surface area contributed by atoms with Gasteiger partial charge < -0.3 is 14.8 Å². The number of amides is 1. The van der Waals surface area contributed by atoms with E-state index < -0.39 is 18.4 Å². The average Bonchev–Trinajstić information content (AvgIpc) is 2.77. The van der Waals surface area contributed by atoms with Gasteiger partial charge in [-0.3, -0.25) is 19.7 Å². The smallest absolute Gasteiger partial charge is 0.223 e. The number of hydrogen-bond acceptors (Lipinski definition) is 6. The van der Waals surface area contributed by atoms with Crippen molar-refractivity contribution in [3.8, 4) is 0 Å². The molecule has 0 aromatic heterocycles. The standard InChI is InChI=1S/C24H44N2O5/c1-9-14(4)22(29)26-13-19(27)12-18(10-2)21(28)23(25-8)31-24-17(7)15(5)16(6)20(11-3)30-24/h14-18,20,23-25H,9-13H2,1-8H3,(H,26,29)/t14?,15?,16-,17+,18?,20?,23?,24-/m0/s1. The van der Waals surface area contributed by atoms with Crippen molar-refractivity contribution in [1.29, 1.82) is 0 Å². The van der Waals surface area contributed by atoms with E-state index in [0.29, 0.717) is 18.3 Å². The Bertz CT molecular complexity index is 595. The van der Waals surface area contributed by atoms with E-state index >= 15 is 0 Å². The highest BCUT2D eigenvalue weighted by Gasteiger charge is 2.41. The number of nitrogens with one attached hydrogen (secondary N) is 2. The molecule has 0 spiro atoms. The second-order valence-corrected chi connectivity index (χ2v) is 9.11. The molecule has 1 saturated heterocycles. The van der Waals surface area contributed by atoms with Crippen molar-refractivity contribution in [2.75, 3.05) is 13.6 Å². The maximum atomic E-state index is 13.1. The van der Waals surface area contributed by atoms with E-state index in [1.165, 1.54) is 0 Å². The molecule has 7 heteroatoms. The molecule has 7 nitrogen and oxygen atoms in total. The molecule has 2 N–H and O–H groups in total. The molecule has 5 unspecified atom stereocenters. The van der Waals surface area contributed by atoms with Crippen LogP contribution in [0.3, 0.4) is 0 Å². The molecule has 0 aliphatic carbocycles. The van der Waals surface area contributed by atoms with Crippen LogP contribution in [-0.2, 0) is 23.9 Å². The molecule has 180 valence electrons. The van der Waals surface area contributed by atoms with Crippen molar-refractivity contribution >= 4 is 17.5 Å². The monoisotopic (exact) mass is 440 g/mol. The zero-order valence-electron chi connectivity index (χ0n) is 20.7. The zero-order valence-corrected chi connectivity index (χ0v) is 20.7. The molecule has 1 rings (SSSR count). The van der Waals surface area contributed by atoms with Gasteiger partial charge in [0.15, 0.2) is 24.1 Å². The van der Waals surface area contributed by atoms with Crippen LogP contribution in [0, 0.1) is 29.6 Å². The van der Waals surface area contributed by atoms with Gasteiger partial charge in [0.25, 0.3) is 0 Å². The van der Waals surface area contributed by atoms with E-state index in [0.717, 1.165) is 12.8 Å². The summed E-state index contributed by atoms with van der Waals surface area (Å²) in [6.45, 7) is 14.2. The Morgan fingerprint density at radius 2 is 1.65 bits per heavy atom. The predicted octanol–water partition coefficient (Wildman–Crippen LogP) is 3.31. The minimum atomic E-state index is -0.835. The normalized spacial score (nSPS) is 29.1. The Morgan fingerprint density at radius 3 is 2.16 bits per heavy atom. The Balaban J connectivity index is 2.73. The first-order valence-corrected chi connectivity index (χ1v) is 11.9. The lowest BCUT2D eigenvalue weighted by molar-refractivity contribution is -0.264. The Labute approximate surface area is 188 Å². The molecular weight excluding hydrogens is 396 g/mol. The Kier molecular flexibility index (Phi) is 11.9. The van der Waals surface area contributed by atoms with Crippen molar-refractivity contribution in [2.45, 2.75) is 92.8 Å². The van der Waals surface area contributed by atoms with E-state index in [-0.39, 0.29) is 48.4 Å². The van der Waals surface area contributed by atoms with Gasteiger partial charge in [-0.2, -0.15) is 0 Å². The van der Waals surface area contributed by atoms with Crippen LogP contribution < -0.4 is 10.6 Å². The third kappa shape index (κ3) is 7.65. The minimum absolute atomic E-state index is 0.0472. The van der Waals surface area contributed by atoms with Gasteiger partial charge in [0, 0.05) is 24.2 Å². The summed E-state index contributed by atoms with van der Waals surface area (Å²) in [6, 6.07) is 0. The molecule has 0 aromatic rings. The first-order valence-electron chi connectivity index (χ1n) is 11.9. The Morgan fingerprint density at radius 1 is 1.00 bits per heavy atom. The number of hydrogen-bond donors (Lipinski definition) is 2. The summed E-state index contributed by atoms with van der Waals surface area (Å²) in [4.78, 5) is 37.4. The van der Waals surface area contributed by atoms with Crippen LogP contribution in [0.15, 0.2) is 0 Å². The molecule has 0 aromatic carbocycles. The molecule has 31 heavy (non-hydrogen) atoms. The molecule has 0 saturated carbocycles. The summed E-state index contributed by atoms with van der Waals surface area (Å²) in [7, 11) is 1.68. The molecule has 0 radical (unpaired) electrons. The highest BCUT2D eigenvalue weighted by Crippen LogP contribution is 2.37.